The van der Waals surface area contributed by atoms with E-state index in [-0.39, 0.29) is 22.2 Å². The largest absolute Gasteiger partial charge is 0.424 e. The van der Waals surface area contributed by atoms with Crippen LogP contribution >= 0.6 is 11.6 Å². The van der Waals surface area contributed by atoms with Crippen LogP contribution < -0.4 is 5.32 Å². The number of alkyl halides is 3. The number of hydrogen-bond donors (Lipinski definition) is 1. The van der Waals surface area contributed by atoms with E-state index >= 15 is 0 Å². The Labute approximate surface area is 149 Å². The summed E-state index contributed by atoms with van der Waals surface area (Å²) in [6.45, 7) is 5.32. The van der Waals surface area contributed by atoms with Crippen LogP contribution in [0.3, 0.4) is 0 Å². The van der Waals surface area contributed by atoms with Gasteiger partial charge in [-0.05, 0) is 18.1 Å². The quantitative estimate of drug-likeness (QED) is 0.756. The first kappa shape index (κ1) is 18.5. The zero-order chi connectivity index (χ0) is 18.5. The molecule has 138 valence electrons. The molecule has 1 aliphatic rings. The van der Waals surface area contributed by atoms with Crippen molar-refractivity contribution in [3.05, 3.63) is 23.1 Å². The van der Waals surface area contributed by atoms with Gasteiger partial charge in [-0.25, -0.2) is 9.50 Å². The van der Waals surface area contributed by atoms with Crippen LogP contribution in [-0.4, -0.2) is 35.6 Å². The van der Waals surface area contributed by atoms with Gasteiger partial charge in [-0.15, -0.1) is 0 Å². The summed E-state index contributed by atoms with van der Waals surface area (Å²) in [6, 6.07) is 3.27. The van der Waals surface area contributed by atoms with Gasteiger partial charge in [0, 0.05) is 6.07 Å². The molecular weight excluding hydrogens is 373 g/mol. The Morgan fingerprint density at radius 1 is 1.32 bits per heavy atom. The minimum absolute atomic E-state index is 0.0656. The number of hydrogen-bond acceptors (Lipinski definition) is 4. The summed E-state index contributed by atoms with van der Waals surface area (Å²) in [6.07, 6.45) is -3.22. The normalized spacial score (nSPS) is 20.8. The van der Waals surface area contributed by atoms with Crippen LogP contribution in [0.25, 0.3) is 5.65 Å². The molecule has 0 aliphatic carbocycles. The molecule has 1 aliphatic heterocycles. The highest BCUT2D eigenvalue weighted by molar-refractivity contribution is 6.73. The van der Waals surface area contributed by atoms with Crippen molar-refractivity contribution in [2.24, 2.45) is 0 Å². The Bertz CT molecular complexity index is 785. The van der Waals surface area contributed by atoms with Gasteiger partial charge in [-0.3, -0.25) is 0 Å². The van der Waals surface area contributed by atoms with E-state index in [1.807, 2.05) is 20.8 Å². The summed E-state index contributed by atoms with van der Waals surface area (Å²) in [5, 5.41) is 6.91. The van der Waals surface area contributed by atoms with Gasteiger partial charge in [0.15, 0.2) is 19.1 Å². The minimum atomic E-state index is -4.60. The van der Waals surface area contributed by atoms with Crippen molar-refractivity contribution in [2.75, 3.05) is 11.9 Å². The number of aromatic nitrogens is 3. The predicted octanol–water partition coefficient (Wildman–Crippen LogP) is 4.59. The molecule has 1 N–H and O–H groups in total. The highest BCUT2D eigenvalue weighted by Crippen LogP contribution is 2.51. The third-order valence-corrected chi connectivity index (χ3v) is 9.98. The van der Waals surface area contributed by atoms with Gasteiger partial charge in [0.1, 0.15) is 5.69 Å². The Morgan fingerprint density at radius 3 is 2.52 bits per heavy atom. The maximum absolute atomic E-state index is 14.3. The lowest BCUT2D eigenvalue weighted by molar-refractivity contribution is -0.252. The molecule has 0 bridgehead atoms. The Balaban J connectivity index is 2.26. The van der Waals surface area contributed by atoms with Gasteiger partial charge < -0.3 is 9.74 Å². The first-order chi connectivity index (χ1) is 11.7. The zero-order valence-corrected chi connectivity index (χ0v) is 16.0. The summed E-state index contributed by atoms with van der Waals surface area (Å²) < 4.78 is 50.2. The van der Waals surface area contributed by atoms with E-state index in [0.29, 0.717) is 18.1 Å². The lowest BCUT2D eigenvalue weighted by atomic mass is 10.0. The Kier molecular flexibility index (Phi) is 4.53. The summed E-state index contributed by atoms with van der Waals surface area (Å²) >= 11 is 5.90. The fourth-order valence-corrected chi connectivity index (χ4v) is 6.57. The molecule has 0 radical (unpaired) electrons. The van der Waals surface area contributed by atoms with Gasteiger partial charge in [0.2, 0.25) is 5.60 Å². The third-order valence-electron chi connectivity index (χ3n) is 5.15. The highest BCUT2D eigenvalue weighted by atomic mass is 35.5. The van der Waals surface area contributed by atoms with E-state index in [9.17, 15) is 13.2 Å². The highest BCUT2D eigenvalue weighted by Gasteiger charge is 2.64. The Hall–Kier alpha value is -1.32. The molecule has 0 amide bonds. The van der Waals surface area contributed by atoms with E-state index in [0.717, 1.165) is 4.52 Å². The summed E-state index contributed by atoms with van der Waals surface area (Å²) in [4.78, 5) is 4.12. The van der Waals surface area contributed by atoms with Crippen molar-refractivity contribution in [3.8, 4) is 0 Å². The number of nitrogens with zero attached hydrogens (tertiary/aromatic N) is 3. The van der Waals surface area contributed by atoms with Crippen LogP contribution in [-0.2, 0) is 10.0 Å². The number of fused-ring (bicyclic) bond motifs is 3. The first-order valence-corrected chi connectivity index (χ1v) is 11.2. The average molecular weight is 393 g/mol. The van der Waals surface area contributed by atoms with E-state index in [2.05, 4.69) is 15.4 Å². The molecule has 3 heterocycles. The third kappa shape index (κ3) is 2.72. The molecule has 3 rings (SSSR count). The van der Waals surface area contributed by atoms with Gasteiger partial charge in [-0.2, -0.15) is 18.3 Å². The molecule has 0 saturated carbocycles. The molecule has 0 spiro atoms. The van der Waals surface area contributed by atoms with E-state index < -0.39 is 26.6 Å². The van der Waals surface area contributed by atoms with E-state index in [1.54, 1.807) is 0 Å². The summed E-state index contributed by atoms with van der Waals surface area (Å²) in [5.74, 6) is 0. The fraction of sp³-hybridized carbons (Fsp3) is 0.600. The maximum atomic E-state index is 14.3. The second-order valence-corrected chi connectivity index (χ2v) is 11.4. The molecule has 2 aromatic heterocycles. The van der Waals surface area contributed by atoms with Crippen molar-refractivity contribution in [1.29, 1.82) is 0 Å². The first-order valence-electron chi connectivity index (χ1n) is 8.27. The number of halogens is 4. The smallest absolute Gasteiger partial charge is 0.397 e. The average Bonchev–Trinajstić information content (AvgIpc) is 3.12. The molecule has 0 aromatic carbocycles. The maximum Gasteiger partial charge on any atom is 0.424 e. The van der Waals surface area contributed by atoms with Crippen molar-refractivity contribution in [2.45, 2.75) is 50.7 Å². The van der Waals surface area contributed by atoms with Crippen LogP contribution in [0, 0.1) is 0 Å². The second kappa shape index (κ2) is 6.13. The Morgan fingerprint density at radius 2 is 1.96 bits per heavy atom. The number of rotatable bonds is 5. The second-order valence-electron chi connectivity index (χ2n) is 6.28. The minimum Gasteiger partial charge on any atom is -0.397 e. The van der Waals surface area contributed by atoms with Crippen molar-refractivity contribution < 1.29 is 17.6 Å². The lowest BCUT2D eigenvalue weighted by Gasteiger charge is -2.40. The molecule has 1 atom stereocenters. The molecule has 0 saturated heterocycles. The molecule has 25 heavy (non-hydrogen) atoms. The molecule has 0 fully saturated rings. The molecular formula is C15H20ClF3N4OSi. The van der Waals surface area contributed by atoms with Gasteiger partial charge in [0.25, 0.3) is 0 Å². The monoisotopic (exact) mass is 392 g/mol. The predicted molar refractivity (Wildman–Crippen MR) is 92.5 cm³/mol. The summed E-state index contributed by atoms with van der Waals surface area (Å²) in [7, 11) is -2.57. The van der Waals surface area contributed by atoms with E-state index in [1.165, 1.54) is 12.3 Å². The van der Waals surface area contributed by atoms with Crippen LogP contribution in [0.2, 0.25) is 23.3 Å². The molecule has 1 unspecified atom stereocenters. The van der Waals surface area contributed by atoms with Crippen molar-refractivity contribution in [1.82, 2.24) is 14.6 Å². The number of anilines is 1. The van der Waals surface area contributed by atoms with Crippen molar-refractivity contribution >= 4 is 31.3 Å². The van der Waals surface area contributed by atoms with Gasteiger partial charge in [0.05, 0.1) is 18.4 Å². The molecule has 2 aromatic rings. The van der Waals surface area contributed by atoms with Crippen LogP contribution in [0.4, 0.5) is 18.9 Å². The van der Waals surface area contributed by atoms with Crippen LogP contribution in [0.5, 0.6) is 0 Å². The molecule has 5 nitrogen and oxygen atoms in total. The topological polar surface area (TPSA) is 51.5 Å². The van der Waals surface area contributed by atoms with Gasteiger partial charge in [-0.1, -0.05) is 32.4 Å². The standard InChI is InChI=1S/C15H20ClF3N4OSi/c1-4-25(5-2,6-3)24-14(15(17,18)19)9-21-10-8-20-12-7-11(16)22-23(12)13(10)14/h7-8,21H,4-6,9H2,1-3H3. The van der Waals surface area contributed by atoms with E-state index in [4.69, 9.17) is 16.0 Å². The molecule has 10 heteroatoms. The van der Waals surface area contributed by atoms with Gasteiger partial charge >= 0.3 is 6.18 Å². The lowest BCUT2D eigenvalue weighted by Crippen LogP contribution is -2.55. The fourth-order valence-electron chi connectivity index (χ4n) is 3.44. The van der Waals surface area contributed by atoms with Crippen molar-refractivity contribution in [3.63, 3.8) is 0 Å². The van der Waals surface area contributed by atoms with Crippen LogP contribution in [0.15, 0.2) is 12.3 Å². The SMILES string of the molecule is CC[Si](CC)(CC)OC1(C(F)(F)F)CNc2cnc3cc(Cl)nn3c21. The number of nitrogens with one attached hydrogen (secondary N) is 1. The summed E-state index contributed by atoms with van der Waals surface area (Å²) in [5.41, 5.74) is -1.98. The van der Waals surface area contributed by atoms with Crippen LogP contribution in [0.1, 0.15) is 26.5 Å². The zero-order valence-electron chi connectivity index (χ0n) is 14.2.